The summed E-state index contributed by atoms with van der Waals surface area (Å²) in [6.45, 7) is 5.10. The minimum absolute atomic E-state index is 0.148. The smallest absolute Gasteiger partial charge is 0.283 e. The van der Waals surface area contributed by atoms with Gasteiger partial charge in [-0.2, -0.15) is 5.10 Å². The number of hydrogen-bond acceptors (Lipinski definition) is 5. The maximum atomic E-state index is 12.1. The summed E-state index contributed by atoms with van der Waals surface area (Å²) in [6.07, 6.45) is 1.25. The summed E-state index contributed by atoms with van der Waals surface area (Å²) in [7, 11) is 3.12. The number of halogens is 1. The lowest BCUT2D eigenvalue weighted by atomic mass is 10.2. The van der Waals surface area contributed by atoms with E-state index in [0.717, 1.165) is 0 Å². The van der Waals surface area contributed by atoms with Crippen molar-refractivity contribution < 1.29 is 9.47 Å². The lowest BCUT2D eigenvalue weighted by Crippen LogP contribution is -2.28. The van der Waals surface area contributed by atoms with Crippen molar-refractivity contribution in [2.24, 2.45) is 5.92 Å². The lowest BCUT2D eigenvalue weighted by Gasteiger charge is -2.16. The van der Waals surface area contributed by atoms with Gasteiger partial charge in [0.25, 0.3) is 5.56 Å². The third-order valence-corrected chi connectivity index (χ3v) is 3.27. The van der Waals surface area contributed by atoms with Crippen LogP contribution in [-0.4, -0.2) is 36.8 Å². The molecule has 0 saturated heterocycles. The molecule has 0 bridgehead atoms. The molecule has 108 valence electrons. The minimum Gasteiger partial charge on any atom is -0.378 e. The second kappa shape index (κ2) is 7.62. The van der Waals surface area contributed by atoms with Crippen molar-refractivity contribution in [2.75, 3.05) is 26.1 Å². The first kappa shape index (κ1) is 16.1. The fraction of sp³-hybridized carbons (Fsp3) is 0.667. The molecule has 0 radical (unpaired) electrons. The predicted molar refractivity (Wildman–Crippen MR) is 77.3 cm³/mol. The van der Waals surface area contributed by atoms with Gasteiger partial charge in [0.1, 0.15) is 4.47 Å². The maximum Gasteiger partial charge on any atom is 0.283 e. The van der Waals surface area contributed by atoms with Crippen molar-refractivity contribution in [1.82, 2.24) is 9.78 Å². The van der Waals surface area contributed by atoms with Gasteiger partial charge in [0.05, 0.1) is 18.4 Å². The zero-order valence-corrected chi connectivity index (χ0v) is 13.2. The predicted octanol–water partition coefficient (Wildman–Crippen LogP) is 1.69. The zero-order valence-electron chi connectivity index (χ0n) is 11.6. The van der Waals surface area contributed by atoms with E-state index in [0.29, 0.717) is 29.2 Å². The Morgan fingerprint density at radius 1 is 1.42 bits per heavy atom. The van der Waals surface area contributed by atoms with E-state index in [2.05, 4.69) is 26.3 Å². The summed E-state index contributed by atoms with van der Waals surface area (Å²) in [4.78, 5) is 12.1. The minimum atomic E-state index is -0.370. The topological polar surface area (TPSA) is 65.4 Å². The number of hydrogen-bond donors (Lipinski definition) is 1. The van der Waals surface area contributed by atoms with Crippen molar-refractivity contribution >= 4 is 21.6 Å². The number of nitrogens with one attached hydrogen (secondary N) is 1. The second-order valence-electron chi connectivity index (χ2n) is 4.54. The monoisotopic (exact) mass is 333 g/mol. The number of anilines is 1. The molecule has 6 nitrogen and oxygen atoms in total. The number of ether oxygens (including phenoxy) is 2. The van der Waals surface area contributed by atoms with Crippen LogP contribution in [0.4, 0.5) is 5.69 Å². The summed E-state index contributed by atoms with van der Waals surface area (Å²) < 4.78 is 12.0. The Kier molecular flexibility index (Phi) is 6.47. The van der Waals surface area contributed by atoms with Crippen LogP contribution in [0.5, 0.6) is 0 Å². The number of aromatic nitrogens is 2. The van der Waals surface area contributed by atoms with Crippen LogP contribution in [0.1, 0.15) is 13.8 Å². The molecule has 19 heavy (non-hydrogen) atoms. The molecular formula is C12H20BrN3O3. The molecule has 0 fully saturated rings. The molecular weight excluding hydrogens is 314 g/mol. The first-order valence-electron chi connectivity index (χ1n) is 6.04. The largest absolute Gasteiger partial charge is 0.378 e. The molecule has 0 saturated carbocycles. The average Bonchev–Trinajstić information content (AvgIpc) is 2.38. The number of rotatable bonds is 7. The van der Waals surface area contributed by atoms with Crippen LogP contribution < -0.4 is 10.9 Å². The first-order valence-corrected chi connectivity index (χ1v) is 6.84. The Hall–Kier alpha value is -0.920. The maximum absolute atomic E-state index is 12.1. The average molecular weight is 334 g/mol. The van der Waals surface area contributed by atoms with Gasteiger partial charge in [-0.15, -0.1) is 0 Å². The van der Waals surface area contributed by atoms with Crippen LogP contribution in [0.25, 0.3) is 0 Å². The number of nitrogens with zero attached hydrogens (tertiary/aromatic N) is 2. The van der Waals surface area contributed by atoms with Crippen molar-refractivity contribution in [3.8, 4) is 0 Å². The van der Waals surface area contributed by atoms with E-state index >= 15 is 0 Å². The molecule has 0 amide bonds. The highest BCUT2D eigenvalue weighted by Crippen LogP contribution is 2.16. The Bertz CT molecular complexity index is 458. The highest BCUT2D eigenvalue weighted by molar-refractivity contribution is 9.10. The molecule has 0 spiro atoms. The normalized spacial score (nSPS) is 11.3. The third kappa shape index (κ3) is 4.59. The van der Waals surface area contributed by atoms with Crippen LogP contribution in [0.2, 0.25) is 0 Å². The molecule has 1 N–H and O–H groups in total. The Labute approximate surface area is 121 Å². The van der Waals surface area contributed by atoms with Crippen LogP contribution >= 0.6 is 15.9 Å². The molecule has 1 rings (SSSR count). The van der Waals surface area contributed by atoms with Crippen molar-refractivity contribution in [3.05, 3.63) is 21.0 Å². The van der Waals surface area contributed by atoms with E-state index in [1.165, 1.54) is 4.68 Å². The second-order valence-corrected chi connectivity index (χ2v) is 5.33. The molecule has 1 aromatic heterocycles. The highest BCUT2D eigenvalue weighted by Gasteiger charge is 2.11. The summed E-state index contributed by atoms with van der Waals surface area (Å²) in [5.41, 5.74) is 0.481. The zero-order chi connectivity index (χ0) is 14.4. The summed E-state index contributed by atoms with van der Waals surface area (Å²) in [5.74, 6) is 0.363. The fourth-order valence-corrected chi connectivity index (χ4v) is 1.97. The Balaban J connectivity index is 2.82. The van der Waals surface area contributed by atoms with E-state index in [1.54, 1.807) is 20.4 Å². The van der Waals surface area contributed by atoms with Gasteiger partial charge in [0.2, 0.25) is 0 Å². The molecule has 1 aromatic rings. The van der Waals surface area contributed by atoms with Gasteiger partial charge in [-0.05, 0) is 21.8 Å². The van der Waals surface area contributed by atoms with Gasteiger partial charge >= 0.3 is 0 Å². The summed E-state index contributed by atoms with van der Waals surface area (Å²) in [6, 6.07) is 0. The van der Waals surface area contributed by atoms with Crippen LogP contribution in [0, 0.1) is 5.92 Å². The summed E-state index contributed by atoms with van der Waals surface area (Å²) in [5, 5.41) is 7.20. The Morgan fingerprint density at radius 3 is 2.58 bits per heavy atom. The van der Waals surface area contributed by atoms with Crippen LogP contribution in [0.3, 0.4) is 0 Å². The van der Waals surface area contributed by atoms with Gasteiger partial charge < -0.3 is 14.8 Å². The van der Waals surface area contributed by atoms with Gasteiger partial charge in [0, 0.05) is 20.8 Å². The molecule has 0 aliphatic rings. The number of methoxy groups -OCH3 is 2. The van der Waals surface area contributed by atoms with Gasteiger partial charge in [0.15, 0.2) is 6.29 Å². The van der Waals surface area contributed by atoms with E-state index in [9.17, 15) is 4.79 Å². The van der Waals surface area contributed by atoms with Crippen molar-refractivity contribution in [3.63, 3.8) is 0 Å². The molecule has 0 aliphatic carbocycles. The standard InChI is InChI=1S/C12H20BrN3O3/c1-8(2)7-16-12(17)11(13)9(5-15-16)14-6-10(18-3)19-4/h5,8,10,14H,6-7H2,1-4H3. The first-order chi connectivity index (χ1) is 8.99. The van der Waals surface area contributed by atoms with Crippen molar-refractivity contribution in [1.29, 1.82) is 0 Å². The van der Waals surface area contributed by atoms with Gasteiger partial charge in [-0.25, -0.2) is 4.68 Å². The van der Waals surface area contributed by atoms with E-state index in [1.807, 2.05) is 13.8 Å². The van der Waals surface area contributed by atoms with Gasteiger partial charge in [-0.3, -0.25) is 4.79 Å². The van der Waals surface area contributed by atoms with Gasteiger partial charge in [-0.1, -0.05) is 13.8 Å². The fourth-order valence-electron chi connectivity index (χ4n) is 1.52. The SMILES string of the molecule is COC(CNc1cnn(CC(C)C)c(=O)c1Br)OC. The van der Waals surface area contributed by atoms with Crippen LogP contribution in [-0.2, 0) is 16.0 Å². The summed E-state index contributed by atoms with van der Waals surface area (Å²) >= 11 is 3.30. The molecule has 0 aliphatic heterocycles. The van der Waals surface area contributed by atoms with E-state index in [4.69, 9.17) is 9.47 Å². The molecule has 7 heteroatoms. The van der Waals surface area contributed by atoms with E-state index < -0.39 is 0 Å². The van der Waals surface area contributed by atoms with E-state index in [-0.39, 0.29) is 11.8 Å². The lowest BCUT2D eigenvalue weighted by molar-refractivity contribution is -0.0914. The molecule has 1 heterocycles. The van der Waals surface area contributed by atoms with Crippen molar-refractivity contribution in [2.45, 2.75) is 26.7 Å². The quantitative estimate of drug-likeness (QED) is 0.769. The highest BCUT2D eigenvalue weighted by atomic mass is 79.9. The Morgan fingerprint density at radius 2 is 2.05 bits per heavy atom. The molecule has 0 unspecified atom stereocenters. The molecule has 0 aromatic carbocycles. The third-order valence-electron chi connectivity index (χ3n) is 2.51. The molecule has 0 atom stereocenters. The van der Waals surface area contributed by atoms with Crippen LogP contribution in [0.15, 0.2) is 15.5 Å².